The lowest BCUT2D eigenvalue weighted by atomic mass is 10.2. The number of hydrogen-bond acceptors (Lipinski definition) is 8. The lowest BCUT2D eigenvalue weighted by Gasteiger charge is -2.06. The van der Waals surface area contributed by atoms with Crippen molar-refractivity contribution in [3.63, 3.8) is 0 Å². The lowest BCUT2D eigenvalue weighted by molar-refractivity contribution is -0.115. The van der Waals surface area contributed by atoms with Crippen LogP contribution in [0.15, 0.2) is 69.1 Å². The number of furan rings is 2. The maximum atomic E-state index is 12.1. The van der Waals surface area contributed by atoms with Gasteiger partial charge in [0.05, 0.1) is 12.5 Å². The van der Waals surface area contributed by atoms with Crippen molar-refractivity contribution in [2.24, 2.45) is 0 Å². The highest BCUT2D eigenvalue weighted by molar-refractivity contribution is 7.99. The summed E-state index contributed by atoms with van der Waals surface area (Å²) in [6.45, 7) is 1.94. The van der Waals surface area contributed by atoms with E-state index in [0.29, 0.717) is 46.1 Å². The molecule has 0 aromatic carbocycles. The first-order valence-electron chi connectivity index (χ1n) is 8.87. The molecule has 1 amide bonds. The second-order valence-electron chi connectivity index (χ2n) is 6.11. The summed E-state index contributed by atoms with van der Waals surface area (Å²) in [5, 5.41) is 11.6. The molecule has 29 heavy (non-hydrogen) atoms. The van der Waals surface area contributed by atoms with Crippen LogP contribution in [0.2, 0.25) is 0 Å². The van der Waals surface area contributed by atoms with Crippen LogP contribution >= 0.6 is 11.8 Å². The first-order valence-corrected chi connectivity index (χ1v) is 9.85. The van der Waals surface area contributed by atoms with Gasteiger partial charge in [0.25, 0.3) is 0 Å². The van der Waals surface area contributed by atoms with Gasteiger partial charge in [0.1, 0.15) is 11.5 Å². The summed E-state index contributed by atoms with van der Waals surface area (Å²) in [4.78, 5) is 20.8. The van der Waals surface area contributed by atoms with Crippen LogP contribution in [0, 0.1) is 6.92 Å². The van der Waals surface area contributed by atoms with Gasteiger partial charge in [-0.05, 0) is 42.8 Å². The Morgan fingerprint density at radius 1 is 1.03 bits per heavy atom. The second kappa shape index (κ2) is 8.70. The lowest BCUT2D eigenvalue weighted by Crippen LogP contribution is -2.13. The quantitative estimate of drug-likeness (QED) is 0.454. The van der Waals surface area contributed by atoms with Crippen molar-refractivity contribution in [3.05, 3.63) is 60.7 Å². The number of carbonyl (C=O) groups excluding carboxylic acids is 1. The molecule has 0 atom stereocenters. The molecule has 0 saturated carbocycles. The number of aromatic nitrogens is 4. The Labute approximate surface area is 170 Å². The first kappa shape index (κ1) is 18.9. The average Bonchev–Trinajstić information content (AvgIpc) is 3.44. The van der Waals surface area contributed by atoms with Crippen LogP contribution < -0.4 is 5.32 Å². The van der Waals surface area contributed by atoms with Crippen LogP contribution in [0.3, 0.4) is 0 Å². The molecule has 0 radical (unpaired) electrons. The highest BCUT2D eigenvalue weighted by Gasteiger charge is 2.18. The SMILES string of the molecule is Cc1ccc(NC(=O)CCSc2nnc(-c3ccco3)c(-c3ccco3)n2)nc1. The molecule has 4 aromatic heterocycles. The van der Waals surface area contributed by atoms with Gasteiger partial charge in [0.15, 0.2) is 17.2 Å². The van der Waals surface area contributed by atoms with E-state index < -0.39 is 0 Å². The topological polar surface area (TPSA) is 107 Å². The molecule has 0 aliphatic heterocycles. The Kier molecular flexibility index (Phi) is 5.66. The molecular formula is C20H17N5O3S. The predicted molar refractivity (Wildman–Crippen MR) is 108 cm³/mol. The minimum atomic E-state index is -0.125. The number of thioether (sulfide) groups is 1. The van der Waals surface area contributed by atoms with Gasteiger partial charge < -0.3 is 14.2 Å². The largest absolute Gasteiger partial charge is 0.463 e. The van der Waals surface area contributed by atoms with Gasteiger partial charge in [-0.3, -0.25) is 4.79 Å². The van der Waals surface area contributed by atoms with Crippen molar-refractivity contribution in [2.45, 2.75) is 18.5 Å². The highest BCUT2D eigenvalue weighted by atomic mass is 32.2. The molecule has 9 heteroatoms. The molecule has 4 rings (SSSR count). The summed E-state index contributed by atoms with van der Waals surface area (Å²) >= 11 is 1.34. The molecule has 0 aliphatic rings. The van der Waals surface area contributed by atoms with E-state index in [1.165, 1.54) is 11.8 Å². The van der Waals surface area contributed by atoms with E-state index in [4.69, 9.17) is 8.83 Å². The van der Waals surface area contributed by atoms with E-state index in [9.17, 15) is 4.79 Å². The number of amides is 1. The zero-order chi connectivity index (χ0) is 20.1. The minimum absolute atomic E-state index is 0.125. The van der Waals surface area contributed by atoms with E-state index in [2.05, 4.69) is 25.5 Å². The average molecular weight is 407 g/mol. The molecule has 4 aromatic rings. The van der Waals surface area contributed by atoms with E-state index in [-0.39, 0.29) is 5.91 Å². The Hall–Kier alpha value is -3.46. The van der Waals surface area contributed by atoms with Gasteiger partial charge >= 0.3 is 0 Å². The zero-order valence-corrected chi connectivity index (χ0v) is 16.3. The number of aryl methyl sites for hydroxylation is 1. The van der Waals surface area contributed by atoms with Crippen LogP contribution in [0.1, 0.15) is 12.0 Å². The third kappa shape index (κ3) is 4.69. The molecule has 0 unspecified atom stereocenters. The number of rotatable bonds is 7. The summed E-state index contributed by atoms with van der Waals surface area (Å²) < 4.78 is 10.9. The maximum Gasteiger partial charge on any atom is 0.226 e. The van der Waals surface area contributed by atoms with E-state index in [1.807, 2.05) is 13.0 Å². The fourth-order valence-electron chi connectivity index (χ4n) is 2.52. The van der Waals surface area contributed by atoms with E-state index in [0.717, 1.165) is 5.56 Å². The summed E-state index contributed by atoms with van der Waals surface area (Å²) in [5.74, 6) is 2.03. The highest BCUT2D eigenvalue weighted by Crippen LogP contribution is 2.30. The number of anilines is 1. The smallest absolute Gasteiger partial charge is 0.226 e. The fourth-order valence-corrected chi connectivity index (χ4v) is 3.24. The summed E-state index contributed by atoms with van der Waals surface area (Å²) in [6, 6.07) is 10.8. The number of carbonyl (C=O) groups is 1. The molecule has 0 aliphatic carbocycles. The second-order valence-corrected chi connectivity index (χ2v) is 7.18. The van der Waals surface area contributed by atoms with Crippen molar-refractivity contribution < 1.29 is 13.6 Å². The van der Waals surface area contributed by atoms with E-state index in [1.54, 1.807) is 49.1 Å². The Balaban J connectivity index is 1.42. The molecule has 146 valence electrons. The Bertz CT molecular complexity index is 1080. The number of nitrogens with one attached hydrogen (secondary N) is 1. The molecule has 4 heterocycles. The first-order chi connectivity index (χ1) is 14.2. The molecule has 8 nitrogen and oxygen atoms in total. The van der Waals surface area contributed by atoms with Crippen LogP contribution in [-0.4, -0.2) is 31.8 Å². The van der Waals surface area contributed by atoms with Crippen LogP contribution in [0.5, 0.6) is 0 Å². The van der Waals surface area contributed by atoms with Gasteiger partial charge in [-0.15, -0.1) is 10.2 Å². The zero-order valence-electron chi connectivity index (χ0n) is 15.5. The third-order valence-electron chi connectivity index (χ3n) is 3.92. The van der Waals surface area contributed by atoms with Crippen molar-refractivity contribution in [1.29, 1.82) is 0 Å². The van der Waals surface area contributed by atoms with Gasteiger partial charge in [-0.2, -0.15) is 0 Å². The molecule has 0 bridgehead atoms. The normalized spacial score (nSPS) is 10.8. The fraction of sp³-hybridized carbons (Fsp3) is 0.150. The predicted octanol–water partition coefficient (Wildman–Crippen LogP) is 4.22. The Morgan fingerprint density at radius 2 is 1.79 bits per heavy atom. The molecule has 0 saturated heterocycles. The minimum Gasteiger partial charge on any atom is -0.463 e. The standard InChI is InChI=1S/C20H17N5O3S/c1-13-6-7-16(21-12-13)22-17(26)8-11-29-20-23-18(14-4-2-9-27-14)19(24-25-20)15-5-3-10-28-15/h2-7,9-10,12H,8,11H2,1H3,(H,21,22,26). The van der Waals surface area contributed by atoms with Crippen molar-refractivity contribution in [1.82, 2.24) is 20.2 Å². The van der Waals surface area contributed by atoms with Gasteiger partial charge in [-0.25, -0.2) is 9.97 Å². The number of nitrogens with zero attached hydrogens (tertiary/aromatic N) is 4. The van der Waals surface area contributed by atoms with Crippen LogP contribution in [0.4, 0.5) is 5.82 Å². The van der Waals surface area contributed by atoms with Gasteiger partial charge in [-0.1, -0.05) is 17.8 Å². The monoisotopic (exact) mass is 407 g/mol. The molecule has 0 spiro atoms. The van der Waals surface area contributed by atoms with Crippen LogP contribution in [-0.2, 0) is 4.79 Å². The molecule has 0 fully saturated rings. The van der Waals surface area contributed by atoms with Crippen molar-refractivity contribution >= 4 is 23.5 Å². The maximum absolute atomic E-state index is 12.1. The van der Waals surface area contributed by atoms with E-state index >= 15 is 0 Å². The summed E-state index contributed by atoms with van der Waals surface area (Å²) in [6.07, 6.45) is 5.13. The number of pyridine rings is 1. The van der Waals surface area contributed by atoms with Crippen LogP contribution in [0.25, 0.3) is 22.9 Å². The summed E-state index contributed by atoms with van der Waals surface area (Å²) in [7, 11) is 0. The number of hydrogen-bond donors (Lipinski definition) is 1. The van der Waals surface area contributed by atoms with Crippen molar-refractivity contribution in [3.8, 4) is 22.9 Å². The van der Waals surface area contributed by atoms with Crippen molar-refractivity contribution in [2.75, 3.05) is 11.1 Å². The molecular weight excluding hydrogens is 390 g/mol. The van der Waals surface area contributed by atoms with Gasteiger partial charge in [0, 0.05) is 18.4 Å². The van der Waals surface area contributed by atoms with Gasteiger partial charge in [0.2, 0.25) is 11.1 Å². The molecule has 1 N–H and O–H groups in total. The third-order valence-corrected chi connectivity index (χ3v) is 4.75. The summed E-state index contributed by atoms with van der Waals surface area (Å²) in [5.41, 5.74) is 2.07. The Morgan fingerprint density at radius 3 is 2.45 bits per heavy atom.